The van der Waals surface area contributed by atoms with Gasteiger partial charge in [0.05, 0.1) is 4.47 Å². The number of rotatable bonds is 5. The Balaban J connectivity index is 2.24. The van der Waals surface area contributed by atoms with Gasteiger partial charge in [-0.25, -0.2) is 0 Å². The van der Waals surface area contributed by atoms with Gasteiger partial charge >= 0.3 is 0 Å². The van der Waals surface area contributed by atoms with Gasteiger partial charge in [-0.3, -0.25) is 0 Å². The van der Waals surface area contributed by atoms with E-state index in [2.05, 4.69) is 15.9 Å². The van der Waals surface area contributed by atoms with Crippen molar-refractivity contribution in [3.05, 3.63) is 63.6 Å². The third-order valence-corrected chi connectivity index (χ3v) is 3.61. The van der Waals surface area contributed by atoms with Gasteiger partial charge in [0.15, 0.2) is 0 Å². The van der Waals surface area contributed by atoms with Crippen molar-refractivity contribution in [2.75, 3.05) is 6.61 Å². The molecule has 19 heavy (non-hydrogen) atoms. The van der Waals surface area contributed by atoms with Gasteiger partial charge in [0.1, 0.15) is 11.9 Å². The molecular weight excluding hydrogens is 328 g/mol. The zero-order valence-electron chi connectivity index (χ0n) is 10.2. The van der Waals surface area contributed by atoms with Crippen molar-refractivity contribution in [1.82, 2.24) is 0 Å². The first-order chi connectivity index (χ1) is 9.20. The minimum Gasteiger partial charge on any atom is -0.484 e. The quantitative estimate of drug-likeness (QED) is 0.861. The van der Waals surface area contributed by atoms with Crippen LogP contribution >= 0.6 is 27.5 Å². The van der Waals surface area contributed by atoms with Gasteiger partial charge in [-0.1, -0.05) is 35.9 Å². The lowest BCUT2D eigenvalue weighted by Gasteiger charge is -2.19. The summed E-state index contributed by atoms with van der Waals surface area (Å²) in [5.74, 6) is 0.751. The molecule has 2 rings (SSSR count). The largest absolute Gasteiger partial charge is 0.484 e. The van der Waals surface area contributed by atoms with Crippen molar-refractivity contribution in [2.24, 2.45) is 0 Å². The van der Waals surface area contributed by atoms with Crippen molar-refractivity contribution in [3.63, 3.8) is 0 Å². The molecule has 0 saturated heterocycles. The first kappa shape index (κ1) is 14.4. The van der Waals surface area contributed by atoms with E-state index in [4.69, 9.17) is 16.3 Å². The second-order valence-corrected chi connectivity index (χ2v) is 5.39. The van der Waals surface area contributed by atoms with Crippen LogP contribution in [0.5, 0.6) is 5.75 Å². The van der Waals surface area contributed by atoms with Crippen LogP contribution in [0.4, 0.5) is 0 Å². The van der Waals surface area contributed by atoms with Gasteiger partial charge in [0, 0.05) is 18.1 Å². The SMILES string of the molecule is OCC[C@H](Oc1ccccc1Br)c1cccc(Cl)c1. The Morgan fingerprint density at radius 2 is 1.95 bits per heavy atom. The van der Waals surface area contributed by atoms with Gasteiger partial charge in [-0.15, -0.1) is 0 Å². The predicted octanol–water partition coefficient (Wildman–Crippen LogP) is 4.61. The summed E-state index contributed by atoms with van der Waals surface area (Å²) in [6.45, 7) is 0.0572. The molecule has 100 valence electrons. The number of hydrogen-bond acceptors (Lipinski definition) is 2. The number of ether oxygens (including phenoxy) is 1. The Morgan fingerprint density at radius 3 is 2.63 bits per heavy atom. The minimum absolute atomic E-state index is 0.0572. The van der Waals surface area contributed by atoms with Crippen molar-refractivity contribution >= 4 is 27.5 Å². The molecule has 0 radical (unpaired) electrons. The van der Waals surface area contributed by atoms with E-state index in [1.54, 1.807) is 0 Å². The summed E-state index contributed by atoms with van der Waals surface area (Å²) < 4.78 is 6.85. The van der Waals surface area contributed by atoms with Crippen molar-refractivity contribution in [1.29, 1.82) is 0 Å². The zero-order chi connectivity index (χ0) is 13.7. The van der Waals surface area contributed by atoms with E-state index in [0.29, 0.717) is 11.4 Å². The fourth-order valence-electron chi connectivity index (χ4n) is 1.81. The first-order valence-electron chi connectivity index (χ1n) is 5.98. The second kappa shape index (κ2) is 6.94. The Hall–Kier alpha value is -1.03. The van der Waals surface area contributed by atoms with Crippen LogP contribution < -0.4 is 4.74 Å². The van der Waals surface area contributed by atoms with Crippen LogP contribution in [0.1, 0.15) is 18.1 Å². The van der Waals surface area contributed by atoms with Gasteiger partial charge < -0.3 is 9.84 Å². The molecule has 0 aliphatic carbocycles. The molecule has 2 aromatic carbocycles. The lowest BCUT2D eigenvalue weighted by Crippen LogP contribution is -2.10. The van der Waals surface area contributed by atoms with E-state index in [-0.39, 0.29) is 12.7 Å². The first-order valence-corrected chi connectivity index (χ1v) is 7.15. The third-order valence-electron chi connectivity index (χ3n) is 2.72. The molecule has 0 bridgehead atoms. The number of para-hydroxylation sites is 1. The van der Waals surface area contributed by atoms with Crippen LogP contribution in [0.25, 0.3) is 0 Å². The van der Waals surface area contributed by atoms with Crippen molar-refractivity contribution in [3.8, 4) is 5.75 Å². The van der Waals surface area contributed by atoms with Crippen molar-refractivity contribution in [2.45, 2.75) is 12.5 Å². The maximum atomic E-state index is 9.19. The number of aliphatic hydroxyl groups excluding tert-OH is 1. The molecule has 0 aliphatic heterocycles. The highest BCUT2D eigenvalue weighted by atomic mass is 79.9. The van der Waals surface area contributed by atoms with E-state index in [0.717, 1.165) is 15.8 Å². The van der Waals surface area contributed by atoms with Gasteiger partial charge in [0.2, 0.25) is 0 Å². The molecule has 2 aromatic rings. The summed E-state index contributed by atoms with van der Waals surface area (Å²) in [4.78, 5) is 0. The third kappa shape index (κ3) is 3.96. The summed E-state index contributed by atoms with van der Waals surface area (Å²) in [7, 11) is 0. The Labute approximate surface area is 126 Å². The van der Waals surface area contributed by atoms with E-state index in [1.165, 1.54) is 0 Å². The maximum absolute atomic E-state index is 9.19. The average molecular weight is 342 g/mol. The fraction of sp³-hybridized carbons (Fsp3) is 0.200. The zero-order valence-corrected chi connectivity index (χ0v) is 12.6. The molecule has 0 spiro atoms. The molecule has 0 aromatic heterocycles. The van der Waals surface area contributed by atoms with Gasteiger partial charge in [-0.2, -0.15) is 0 Å². The van der Waals surface area contributed by atoms with Crippen LogP contribution in [0.2, 0.25) is 5.02 Å². The monoisotopic (exact) mass is 340 g/mol. The standard InChI is InChI=1S/C15H14BrClO2/c16-13-6-1-2-7-15(13)19-14(8-9-18)11-4-3-5-12(17)10-11/h1-7,10,14,18H,8-9H2/t14-/m0/s1. The molecule has 0 fully saturated rings. The van der Waals surface area contributed by atoms with Crippen LogP contribution in [0.15, 0.2) is 53.0 Å². The van der Waals surface area contributed by atoms with Crippen LogP contribution in [-0.4, -0.2) is 11.7 Å². The molecule has 1 atom stereocenters. The Kier molecular flexibility index (Phi) is 5.25. The minimum atomic E-state index is -0.220. The van der Waals surface area contributed by atoms with Crippen LogP contribution in [0, 0.1) is 0 Å². The summed E-state index contributed by atoms with van der Waals surface area (Å²) in [6.07, 6.45) is 0.296. The lowest BCUT2D eigenvalue weighted by atomic mass is 10.1. The highest BCUT2D eigenvalue weighted by Gasteiger charge is 2.14. The Bertz CT molecular complexity index is 545. The van der Waals surface area contributed by atoms with E-state index < -0.39 is 0 Å². The highest BCUT2D eigenvalue weighted by Crippen LogP contribution is 2.31. The van der Waals surface area contributed by atoms with E-state index >= 15 is 0 Å². The normalized spacial score (nSPS) is 12.2. The van der Waals surface area contributed by atoms with Crippen LogP contribution in [-0.2, 0) is 0 Å². The number of aliphatic hydroxyl groups is 1. The van der Waals surface area contributed by atoms with E-state index in [9.17, 15) is 5.11 Å². The average Bonchev–Trinajstić information content (AvgIpc) is 2.40. The molecular formula is C15H14BrClO2. The molecule has 0 heterocycles. The second-order valence-electron chi connectivity index (χ2n) is 4.10. The number of halogens is 2. The highest BCUT2D eigenvalue weighted by molar-refractivity contribution is 9.10. The smallest absolute Gasteiger partial charge is 0.134 e. The van der Waals surface area contributed by atoms with Gasteiger partial charge in [0.25, 0.3) is 0 Å². The fourth-order valence-corrected chi connectivity index (χ4v) is 2.39. The molecule has 0 aliphatic rings. The topological polar surface area (TPSA) is 29.5 Å². The number of hydrogen-bond donors (Lipinski definition) is 1. The van der Waals surface area contributed by atoms with E-state index in [1.807, 2.05) is 48.5 Å². The molecule has 0 saturated carbocycles. The lowest BCUT2D eigenvalue weighted by molar-refractivity contribution is 0.155. The summed E-state index contributed by atoms with van der Waals surface area (Å²) in [5.41, 5.74) is 0.956. The molecule has 2 nitrogen and oxygen atoms in total. The summed E-state index contributed by atoms with van der Waals surface area (Å²) >= 11 is 9.45. The summed E-state index contributed by atoms with van der Waals surface area (Å²) in [5, 5.41) is 9.85. The molecule has 0 unspecified atom stereocenters. The summed E-state index contributed by atoms with van der Waals surface area (Å²) in [6, 6.07) is 15.2. The molecule has 1 N–H and O–H groups in total. The van der Waals surface area contributed by atoms with Crippen molar-refractivity contribution < 1.29 is 9.84 Å². The Morgan fingerprint density at radius 1 is 1.16 bits per heavy atom. The van der Waals surface area contributed by atoms with Gasteiger partial charge in [-0.05, 0) is 45.8 Å². The number of benzene rings is 2. The molecule has 0 amide bonds. The maximum Gasteiger partial charge on any atom is 0.134 e. The predicted molar refractivity (Wildman–Crippen MR) is 80.7 cm³/mol. The molecule has 4 heteroatoms. The van der Waals surface area contributed by atoms with Crippen LogP contribution in [0.3, 0.4) is 0 Å².